The second-order valence-corrected chi connectivity index (χ2v) is 5.41. The van der Waals surface area contributed by atoms with Gasteiger partial charge in [-0.3, -0.25) is 0 Å². The van der Waals surface area contributed by atoms with Crippen LogP contribution in [0.5, 0.6) is 5.75 Å². The first kappa shape index (κ1) is 15.9. The molecule has 1 heterocycles. The molecule has 0 aliphatic carbocycles. The van der Waals surface area contributed by atoms with Gasteiger partial charge in [0.15, 0.2) is 0 Å². The van der Waals surface area contributed by atoms with Crippen LogP contribution in [0.2, 0.25) is 0 Å². The second kappa shape index (κ2) is 8.05. The minimum Gasteiger partial charge on any atom is -0.485 e. The number of hydrogen-bond donors (Lipinski definition) is 1. The summed E-state index contributed by atoms with van der Waals surface area (Å²) >= 11 is 1.59. The molecule has 0 radical (unpaired) electrons. The van der Waals surface area contributed by atoms with Crippen LogP contribution in [-0.4, -0.2) is 19.7 Å². The molecule has 1 atom stereocenters. The van der Waals surface area contributed by atoms with E-state index in [9.17, 15) is 4.79 Å². The van der Waals surface area contributed by atoms with Crippen LogP contribution >= 0.6 is 11.3 Å². The number of carbonyl (C=O) groups is 1. The van der Waals surface area contributed by atoms with E-state index in [1.807, 2.05) is 17.5 Å². The van der Waals surface area contributed by atoms with Crippen molar-refractivity contribution in [2.75, 3.05) is 13.7 Å². The number of thiophene rings is 1. The molecule has 1 aromatic carbocycles. The predicted molar refractivity (Wildman–Crippen MR) is 83.9 cm³/mol. The first-order valence-electron chi connectivity index (χ1n) is 6.77. The van der Waals surface area contributed by atoms with Crippen molar-refractivity contribution in [2.45, 2.75) is 12.5 Å². The maximum Gasteiger partial charge on any atom is 0.406 e. The topological polar surface area (TPSA) is 71.3 Å². The van der Waals surface area contributed by atoms with E-state index in [4.69, 9.17) is 14.7 Å². The van der Waals surface area contributed by atoms with Crippen molar-refractivity contribution in [2.24, 2.45) is 0 Å². The number of rotatable bonds is 6. The standard InChI is InChI=1S/C16H16N2O3S/c1-18-16(19)20-9-8-14(15-3-2-10-22-15)21-13-6-4-12(11-17)5-7-13/h2-7,10,14H,8-9H2,1H3,(H,18,19). The molecular weight excluding hydrogens is 300 g/mol. The Morgan fingerprint density at radius 3 is 2.73 bits per heavy atom. The Kier molecular flexibility index (Phi) is 5.81. The Hall–Kier alpha value is -2.52. The van der Waals surface area contributed by atoms with E-state index in [-0.39, 0.29) is 12.7 Å². The maximum absolute atomic E-state index is 11.1. The summed E-state index contributed by atoms with van der Waals surface area (Å²) in [6, 6.07) is 13.0. The Balaban J connectivity index is 2.01. The number of benzene rings is 1. The van der Waals surface area contributed by atoms with Crippen molar-refractivity contribution < 1.29 is 14.3 Å². The second-order valence-electron chi connectivity index (χ2n) is 4.43. The Labute approximate surface area is 133 Å². The summed E-state index contributed by atoms with van der Waals surface area (Å²) in [5.74, 6) is 0.678. The Morgan fingerprint density at radius 1 is 1.36 bits per heavy atom. The molecule has 0 aliphatic heterocycles. The van der Waals surface area contributed by atoms with Gasteiger partial charge in [-0.2, -0.15) is 5.26 Å². The summed E-state index contributed by atoms with van der Waals surface area (Å²) in [6.45, 7) is 0.262. The molecule has 0 saturated carbocycles. The average Bonchev–Trinajstić information content (AvgIpc) is 3.08. The van der Waals surface area contributed by atoms with E-state index in [1.165, 1.54) is 7.05 Å². The normalized spacial score (nSPS) is 11.3. The smallest absolute Gasteiger partial charge is 0.406 e. The molecule has 22 heavy (non-hydrogen) atoms. The van der Waals surface area contributed by atoms with Crippen molar-refractivity contribution in [3.8, 4) is 11.8 Å². The summed E-state index contributed by atoms with van der Waals surface area (Å²) in [5, 5.41) is 13.2. The van der Waals surface area contributed by atoms with Crippen molar-refractivity contribution in [1.82, 2.24) is 5.32 Å². The van der Waals surface area contributed by atoms with Gasteiger partial charge in [0.05, 0.1) is 18.2 Å². The third-order valence-corrected chi connectivity index (χ3v) is 3.90. The van der Waals surface area contributed by atoms with Crippen LogP contribution in [0.4, 0.5) is 4.79 Å². The molecule has 0 bridgehead atoms. The number of nitriles is 1. The highest BCUT2D eigenvalue weighted by atomic mass is 32.1. The van der Waals surface area contributed by atoms with Gasteiger partial charge in [0.2, 0.25) is 0 Å². The molecule has 1 aromatic heterocycles. The number of carbonyl (C=O) groups excluding carboxylic acids is 1. The SMILES string of the molecule is CNC(=O)OCCC(Oc1ccc(C#N)cc1)c1cccs1. The lowest BCUT2D eigenvalue weighted by Gasteiger charge is -2.18. The summed E-state index contributed by atoms with van der Waals surface area (Å²) in [6.07, 6.45) is -0.102. The molecule has 1 amide bonds. The van der Waals surface area contributed by atoms with E-state index in [2.05, 4.69) is 11.4 Å². The third kappa shape index (κ3) is 4.50. The van der Waals surface area contributed by atoms with Gasteiger partial charge in [0, 0.05) is 18.3 Å². The first-order valence-corrected chi connectivity index (χ1v) is 7.65. The predicted octanol–water partition coefficient (Wildman–Crippen LogP) is 3.49. The molecule has 2 rings (SSSR count). The zero-order valence-electron chi connectivity index (χ0n) is 12.1. The maximum atomic E-state index is 11.1. The largest absolute Gasteiger partial charge is 0.485 e. The quantitative estimate of drug-likeness (QED) is 0.885. The number of alkyl carbamates (subject to hydrolysis) is 1. The highest BCUT2D eigenvalue weighted by Gasteiger charge is 2.15. The molecule has 6 heteroatoms. The van der Waals surface area contributed by atoms with Crippen LogP contribution in [0.15, 0.2) is 41.8 Å². The molecule has 1 N–H and O–H groups in total. The van der Waals surface area contributed by atoms with Crippen LogP contribution in [0.3, 0.4) is 0 Å². The summed E-state index contributed by atoms with van der Waals surface area (Å²) < 4.78 is 11.0. The molecule has 0 saturated heterocycles. The fourth-order valence-corrected chi connectivity index (χ4v) is 2.63. The summed E-state index contributed by atoms with van der Waals surface area (Å²) in [4.78, 5) is 12.2. The molecule has 114 valence electrons. The number of ether oxygens (including phenoxy) is 2. The zero-order chi connectivity index (χ0) is 15.8. The minimum atomic E-state index is -0.455. The van der Waals surface area contributed by atoms with Crippen molar-refractivity contribution >= 4 is 17.4 Å². The van der Waals surface area contributed by atoms with Crippen molar-refractivity contribution in [3.63, 3.8) is 0 Å². The van der Waals surface area contributed by atoms with Gasteiger partial charge >= 0.3 is 6.09 Å². The summed E-state index contributed by atoms with van der Waals surface area (Å²) in [7, 11) is 1.52. The first-order chi connectivity index (χ1) is 10.7. The van der Waals surface area contributed by atoms with Crippen LogP contribution in [-0.2, 0) is 4.74 Å². The molecular formula is C16H16N2O3S. The highest BCUT2D eigenvalue weighted by Crippen LogP contribution is 2.28. The van der Waals surface area contributed by atoms with Gasteiger partial charge in [-0.1, -0.05) is 6.07 Å². The number of nitrogens with zero attached hydrogens (tertiary/aromatic N) is 1. The molecule has 5 nitrogen and oxygen atoms in total. The highest BCUT2D eigenvalue weighted by molar-refractivity contribution is 7.10. The van der Waals surface area contributed by atoms with Crippen molar-refractivity contribution in [3.05, 3.63) is 52.2 Å². The molecule has 2 aromatic rings. The van der Waals surface area contributed by atoms with E-state index < -0.39 is 6.09 Å². The van der Waals surface area contributed by atoms with Gasteiger partial charge in [0.1, 0.15) is 11.9 Å². The third-order valence-electron chi connectivity index (χ3n) is 2.94. The van der Waals surface area contributed by atoms with E-state index in [0.29, 0.717) is 17.7 Å². The minimum absolute atomic E-state index is 0.197. The monoisotopic (exact) mass is 316 g/mol. The van der Waals surface area contributed by atoms with Gasteiger partial charge in [0.25, 0.3) is 0 Å². The van der Waals surface area contributed by atoms with E-state index >= 15 is 0 Å². The molecule has 0 aliphatic rings. The van der Waals surface area contributed by atoms with Crippen molar-refractivity contribution in [1.29, 1.82) is 5.26 Å². The lowest BCUT2D eigenvalue weighted by atomic mass is 10.2. The zero-order valence-corrected chi connectivity index (χ0v) is 12.9. The van der Waals surface area contributed by atoms with Gasteiger partial charge in [-0.15, -0.1) is 11.3 Å². The van der Waals surface area contributed by atoms with Crippen LogP contribution in [0.1, 0.15) is 23.0 Å². The Morgan fingerprint density at radius 2 is 2.14 bits per heavy atom. The van der Waals surface area contributed by atoms with Gasteiger partial charge in [-0.25, -0.2) is 4.79 Å². The lowest BCUT2D eigenvalue weighted by molar-refractivity contribution is 0.118. The lowest BCUT2D eigenvalue weighted by Crippen LogP contribution is -2.21. The van der Waals surface area contributed by atoms with E-state index in [1.54, 1.807) is 35.6 Å². The average molecular weight is 316 g/mol. The van der Waals surface area contributed by atoms with Crippen LogP contribution < -0.4 is 10.1 Å². The van der Waals surface area contributed by atoms with Gasteiger partial charge < -0.3 is 14.8 Å². The van der Waals surface area contributed by atoms with E-state index in [0.717, 1.165) is 4.88 Å². The van der Waals surface area contributed by atoms with Crippen LogP contribution in [0, 0.1) is 11.3 Å². The van der Waals surface area contributed by atoms with Gasteiger partial charge in [-0.05, 0) is 35.7 Å². The Bertz CT molecular complexity index is 632. The number of hydrogen-bond acceptors (Lipinski definition) is 5. The summed E-state index contributed by atoms with van der Waals surface area (Å²) in [5.41, 5.74) is 0.586. The molecule has 1 unspecified atom stereocenters. The number of amides is 1. The molecule has 0 spiro atoms. The van der Waals surface area contributed by atoms with Crippen LogP contribution in [0.25, 0.3) is 0 Å². The molecule has 0 fully saturated rings. The fourth-order valence-electron chi connectivity index (χ4n) is 1.84. The fraction of sp³-hybridized carbons (Fsp3) is 0.250. The number of nitrogens with one attached hydrogen (secondary N) is 1.